The van der Waals surface area contributed by atoms with Gasteiger partial charge in [0.25, 0.3) is 0 Å². The van der Waals surface area contributed by atoms with Crippen molar-refractivity contribution < 1.29 is 0 Å². The molecule has 0 radical (unpaired) electrons. The van der Waals surface area contributed by atoms with Gasteiger partial charge in [0.2, 0.25) is 0 Å². The third-order valence-corrected chi connectivity index (χ3v) is 2.65. The molecule has 0 aliphatic rings. The number of aryl methyl sites for hydroxylation is 1. The molecule has 2 heterocycles. The first-order valence-electron chi connectivity index (χ1n) is 5.70. The van der Waals surface area contributed by atoms with Crippen LogP contribution in [0.4, 0.5) is 0 Å². The van der Waals surface area contributed by atoms with Gasteiger partial charge in [0, 0.05) is 12.4 Å². The molecule has 3 rings (SSSR count). The average molecular weight is 229 g/mol. The van der Waals surface area contributed by atoms with Crippen LogP contribution in [0.3, 0.4) is 0 Å². The molecule has 0 saturated carbocycles. The van der Waals surface area contributed by atoms with Gasteiger partial charge >= 0.3 is 5.69 Å². The average Bonchev–Trinajstić information content (AvgIpc) is 2.68. The van der Waals surface area contributed by atoms with Crippen LogP contribution in [0.5, 0.6) is 0 Å². The van der Waals surface area contributed by atoms with E-state index >= 15 is 0 Å². The van der Waals surface area contributed by atoms with Crippen LogP contribution in [0.25, 0.3) is 21.9 Å². The van der Waals surface area contributed by atoms with Crippen LogP contribution >= 0.6 is 0 Å². The maximum Gasteiger partial charge on any atom is 0.326 e. The highest BCUT2D eigenvalue weighted by atomic mass is 16.1. The Morgan fingerprint density at radius 1 is 1.24 bits per heavy atom. The first-order chi connectivity index (χ1) is 8.27. The van der Waals surface area contributed by atoms with Crippen molar-refractivity contribution >= 4 is 21.9 Å². The van der Waals surface area contributed by atoms with Gasteiger partial charge in [-0.15, -0.1) is 0 Å². The topological polar surface area (TPSA) is 50.7 Å². The van der Waals surface area contributed by atoms with Gasteiger partial charge in [-0.25, -0.2) is 4.79 Å². The summed E-state index contributed by atoms with van der Waals surface area (Å²) in [5, 5.41) is 0.979. The molecule has 0 aliphatic carbocycles. The molecule has 1 aromatic carbocycles. The molecule has 4 heteroatoms. The summed E-state index contributed by atoms with van der Waals surface area (Å²) in [5.74, 6) is 0. The molecule has 0 spiro atoms. The highest BCUT2D eigenvalue weighted by molar-refractivity contribution is 6.01. The number of H-pyrrole nitrogens is 1. The van der Waals surface area contributed by atoms with Crippen molar-refractivity contribution in [1.82, 2.24) is 14.5 Å². The van der Waals surface area contributed by atoms with Gasteiger partial charge in [0.15, 0.2) is 0 Å². The SMILES string of the molecule is CC.Cn1c(=O)[nH]c2c3ccccc3ncc21. The largest absolute Gasteiger partial charge is 0.326 e. The Balaban J connectivity index is 0.000000514. The number of aromatic amines is 1. The zero-order valence-electron chi connectivity index (χ0n) is 10.2. The van der Waals surface area contributed by atoms with Crippen LogP contribution in [0, 0.1) is 0 Å². The van der Waals surface area contributed by atoms with Crippen LogP contribution in [0.2, 0.25) is 0 Å². The van der Waals surface area contributed by atoms with Gasteiger partial charge in [0.05, 0.1) is 22.7 Å². The lowest BCUT2D eigenvalue weighted by atomic mass is 10.2. The lowest BCUT2D eigenvalue weighted by Gasteiger charge is -1.98. The van der Waals surface area contributed by atoms with E-state index in [-0.39, 0.29) is 5.69 Å². The summed E-state index contributed by atoms with van der Waals surface area (Å²) >= 11 is 0. The Morgan fingerprint density at radius 3 is 2.71 bits per heavy atom. The first kappa shape index (κ1) is 11.4. The maximum absolute atomic E-state index is 11.5. The van der Waals surface area contributed by atoms with E-state index in [0.29, 0.717) is 0 Å². The molecule has 17 heavy (non-hydrogen) atoms. The smallest absolute Gasteiger partial charge is 0.305 e. The van der Waals surface area contributed by atoms with Crippen molar-refractivity contribution in [3.05, 3.63) is 40.9 Å². The van der Waals surface area contributed by atoms with Gasteiger partial charge in [-0.2, -0.15) is 0 Å². The highest BCUT2D eigenvalue weighted by Crippen LogP contribution is 2.19. The fourth-order valence-corrected chi connectivity index (χ4v) is 1.82. The molecule has 4 nitrogen and oxygen atoms in total. The minimum atomic E-state index is -0.108. The van der Waals surface area contributed by atoms with E-state index in [9.17, 15) is 4.79 Å². The number of nitrogens with one attached hydrogen (secondary N) is 1. The molecular formula is C13H15N3O. The van der Waals surface area contributed by atoms with Crippen LogP contribution < -0.4 is 5.69 Å². The Bertz CT molecular complexity index is 709. The lowest BCUT2D eigenvalue weighted by molar-refractivity contribution is 0.890. The molecule has 1 N–H and O–H groups in total. The molecule has 0 saturated heterocycles. The summed E-state index contributed by atoms with van der Waals surface area (Å²) in [7, 11) is 1.73. The molecule has 0 atom stereocenters. The predicted octanol–water partition coefficient (Wildman–Crippen LogP) is 2.44. The van der Waals surface area contributed by atoms with E-state index in [2.05, 4.69) is 9.97 Å². The van der Waals surface area contributed by atoms with Gasteiger partial charge in [-0.3, -0.25) is 9.55 Å². The first-order valence-corrected chi connectivity index (χ1v) is 5.70. The van der Waals surface area contributed by atoms with E-state index in [1.165, 1.54) is 0 Å². The van der Waals surface area contributed by atoms with Crippen molar-refractivity contribution in [2.24, 2.45) is 7.05 Å². The number of pyridine rings is 1. The zero-order chi connectivity index (χ0) is 12.4. The second-order valence-electron chi connectivity index (χ2n) is 3.52. The number of fused-ring (bicyclic) bond motifs is 3. The minimum Gasteiger partial charge on any atom is -0.305 e. The van der Waals surface area contributed by atoms with Crippen LogP contribution in [0.15, 0.2) is 35.3 Å². The molecule has 0 fully saturated rings. The number of para-hydroxylation sites is 1. The number of aromatic nitrogens is 3. The Hall–Kier alpha value is -2.10. The number of hydrogen-bond acceptors (Lipinski definition) is 2. The number of rotatable bonds is 0. The maximum atomic E-state index is 11.5. The summed E-state index contributed by atoms with van der Waals surface area (Å²) in [6.45, 7) is 4.00. The number of hydrogen-bond donors (Lipinski definition) is 1. The van der Waals surface area contributed by atoms with E-state index in [1.807, 2.05) is 38.1 Å². The molecule has 0 unspecified atom stereocenters. The summed E-state index contributed by atoms with van der Waals surface area (Å²) in [6, 6.07) is 7.76. The fraction of sp³-hybridized carbons (Fsp3) is 0.231. The van der Waals surface area contributed by atoms with Crippen LogP contribution in [0.1, 0.15) is 13.8 Å². The van der Waals surface area contributed by atoms with E-state index in [4.69, 9.17) is 0 Å². The van der Waals surface area contributed by atoms with E-state index in [1.54, 1.807) is 17.8 Å². The minimum absolute atomic E-state index is 0.108. The monoisotopic (exact) mass is 229 g/mol. The highest BCUT2D eigenvalue weighted by Gasteiger charge is 2.06. The van der Waals surface area contributed by atoms with Crippen molar-refractivity contribution in [2.75, 3.05) is 0 Å². The van der Waals surface area contributed by atoms with Gasteiger partial charge in [0.1, 0.15) is 0 Å². The quantitative estimate of drug-likeness (QED) is 0.643. The normalized spacial score (nSPS) is 10.3. The van der Waals surface area contributed by atoms with Gasteiger partial charge in [-0.05, 0) is 6.07 Å². The van der Waals surface area contributed by atoms with Crippen molar-refractivity contribution in [3.8, 4) is 0 Å². The summed E-state index contributed by atoms with van der Waals surface area (Å²) in [5.41, 5.74) is 2.47. The molecule has 0 aliphatic heterocycles. The predicted molar refractivity (Wildman–Crippen MR) is 70.2 cm³/mol. The van der Waals surface area contributed by atoms with E-state index < -0.39 is 0 Å². The fourth-order valence-electron chi connectivity index (χ4n) is 1.82. The number of nitrogens with zero attached hydrogens (tertiary/aromatic N) is 2. The molecular weight excluding hydrogens is 214 g/mol. The third-order valence-electron chi connectivity index (χ3n) is 2.65. The number of benzene rings is 1. The van der Waals surface area contributed by atoms with Crippen LogP contribution in [-0.2, 0) is 7.05 Å². The summed E-state index contributed by atoms with van der Waals surface area (Å²) < 4.78 is 1.56. The van der Waals surface area contributed by atoms with Gasteiger partial charge in [-0.1, -0.05) is 32.0 Å². The zero-order valence-corrected chi connectivity index (χ0v) is 10.2. The van der Waals surface area contributed by atoms with Crippen LogP contribution in [-0.4, -0.2) is 14.5 Å². The Labute approximate surface area is 98.9 Å². The Kier molecular flexibility index (Phi) is 2.95. The molecule has 0 amide bonds. The molecule has 2 aromatic heterocycles. The second-order valence-corrected chi connectivity index (χ2v) is 3.52. The standard InChI is InChI=1S/C11H9N3O.C2H6/c1-14-9-6-12-8-5-3-2-4-7(8)10(9)13-11(14)15;1-2/h2-6H,1H3,(H,13,15);1-2H3. The third kappa shape index (κ3) is 1.71. The van der Waals surface area contributed by atoms with E-state index in [0.717, 1.165) is 21.9 Å². The lowest BCUT2D eigenvalue weighted by Crippen LogP contribution is -2.11. The van der Waals surface area contributed by atoms with Crippen molar-refractivity contribution in [2.45, 2.75) is 13.8 Å². The molecule has 3 aromatic rings. The molecule has 88 valence electrons. The van der Waals surface area contributed by atoms with Gasteiger partial charge < -0.3 is 4.98 Å². The molecule has 0 bridgehead atoms. The Morgan fingerprint density at radius 2 is 1.94 bits per heavy atom. The summed E-state index contributed by atoms with van der Waals surface area (Å²) in [4.78, 5) is 18.6. The van der Waals surface area contributed by atoms with Crippen molar-refractivity contribution in [3.63, 3.8) is 0 Å². The van der Waals surface area contributed by atoms with Crippen molar-refractivity contribution in [1.29, 1.82) is 0 Å². The number of imidazole rings is 1. The summed E-state index contributed by atoms with van der Waals surface area (Å²) in [6.07, 6.45) is 1.72. The second kappa shape index (κ2) is 4.41.